The third kappa shape index (κ3) is 4.18. The van der Waals surface area contributed by atoms with E-state index in [1.807, 2.05) is 0 Å². The molecule has 0 heterocycles. The van der Waals surface area contributed by atoms with Crippen LogP contribution in [0.1, 0.15) is 13.3 Å². The van der Waals surface area contributed by atoms with Crippen LogP contribution in [0.3, 0.4) is 0 Å². The molecule has 14 heavy (non-hydrogen) atoms. The Kier molecular flexibility index (Phi) is 7.10. The maximum Gasteiger partial charge on any atom is 1.00 e. The summed E-state index contributed by atoms with van der Waals surface area (Å²) in [5.41, 5.74) is 0. The van der Waals surface area contributed by atoms with Crippen LogP contribution >= 0.6 is 0 Å². The van der Waals surface area contributed by atoms with Crippen molar-refractivity contribution in [2.45, 2.75) is 18.6 Å². The van der Waals surface area contributed by atoms with Crippen LogP contribution in [-0.4, -0.2) is 30.8 Å². The quantitative estimate of drug-likeness (QED) is 0.298. The molecule has 0 N–H and O–H groups in total. The summed E-state index contributed by atoms with van der Waals surface area (Å²) in [6, 6.07) is 0. The minimum Gasteiger partial charge on any atom is -0.743 e. The van der Waals surface area contributed by atoms with Crippen LogP contribution in [0.4, 0.5) is 8.78 Å². The summed E-state index contributed by atoms with van der Waals surface area (Å²) in [5, 5.41) is -5.00. The van der Waals surface area contributed by atoms with Gasteiger partial charge >= 0.3 is 40.8 Å². The van der Waals surface area contributed by atoms with Gasteiger partial charge in [0, 0.05) is 0 Å². The molecule has 5 nitrogen and oxygen atoms in total. The van der Waals surface area contributed by atoms with E-state index in [2.05, 4.69) is 4.74 Å². The molecule has 0 aliphatic heterocycles. The van der Waals surface area contributed by atoms with Crippen molar-refractivity contribution in [3.63, 3.8) is 0 Å². The molecular formula is C5H7F2NaO5S. The second kappa shape index (κ2) is 5.96. The Balaban J connectivity index is 0. The number of ether oxygens (including phenoxy) is 1. The second-order valence-electron chi connectivity index (χ2n) is 2.11. The molecule has 0 saturated carbocycles. The van der Waals surface area contributed by atoms with Crippen molar-refractivity contribution in [2.24, 2.45) is 0 Å². The Bertz CT molecular complexity index is 288. The molecule has 0 amide bonds. The summed E-state index contributed by atoms with van der Waals surface area (Å²) in [6.45, 7) is 1.17. The van der Waals surface area contributed by atoms with Crippen LogP contribution in [-0.2, 0) is 19.6 Å². The Morgan fingerprint density at radius 3 is 2.21 bits per heavy atom. The van der Waals surface area contributed by atoms with Gasteiger partial charge in [0.15, 0.2) is 10.1 Å². The SMILES string of the molecule is CCCOC(=O)C(F)(F)S(=O)(=O)[O-].[Na+]. The first-order valence-electron chi connectivity index (χ1n) is 3.24. The Morgan fingerprint density at radius 1 is 1.50 bits per heavy atom. The summed E-state index contributed by atoms with van der Waals surface area (Å²) in [6.07, 6.45) is 0.251. The van der Waals surface area contributed by atoms with Crippen molar-refractivity contribution in [2.75, 3.05) is 6.61 Å². The third-order valence-electron chi connectivity index (χ3n) is 0.989. The molecule has 0 aromatic rings. The molecule has 0 rings (SSSR count). The van der Waals surface area contributed by atoms with Gasteiger partial charge in [0.1, 0.15) is 0 Å². The van der Waals surface area contributed by atoms with Gasteiger partial charge in [0.05, 0.1) is 6.61 Å². The van der Waals surface area contributed by atoms with E-state index >= 15 is 0 Å². The maximum absolute atomic E-state index is 12.3. The van der Waals surface area contributed by atoms with Crippen LogP contribution in [0.25, 0.3) is 0 Å². The van der Waals surface area contributed by atoms with E-state index in [9.17, 15) is 26.5 Å². The van der Waals surface area contributed by atoms with Crippen molar-refractivity contribution < 1.29 is 60.8 Å². The molecule has 0 aromatic heterocycles. The van der Waals surface area contributed by atoms with Gasteiger partial charge in [-0.2, -0.15) is 8.78 Å². The van der Waals surface area contributed by atoms with Gasteiger partial charge in [-0.15, -0.1) is 0 Å². The standard InChI is InChI=1S/C5H8F2O5S.Na/c1-2-3-12-4(8)5(6,7)13(9,10)11;/h2-3H2,1H3,(H,9,10,11);/q;+1/p-1. The number of hydrogen-bond acceptors (Lipinski definition) is 5. The monoisotopic (exact) mass is 240 g/mol. The fraction of sp³-hybridized carbons (Fsp3) is 0.800. The van der Waals surface area contributed by atoms with Gasteiger partial charge < -0.3 is 9.29 Å². The minimum atomic E-state index is -5.99. The zero-order valence-electron chi connectivity index (χ0n) is 7.62. The smallest absolute Gasteiger partial charge is 0.743 e. The molecule has 0 bridgehead atoms. The van der Waals surface area contributed by atoms with Gasteiger partial charge in [-0.25, -0.2) is 13.2 Å². The van der Waals surface area contributed by atoms with E-state index in [-0.39, 0.29) is 42.6 Å². The maximum atomic E-state index is 12.3. The summed E-state index contributed by atoms with van der Waals surface area (Å²) >= 11 is 0. The number of esters is 1. The van der Waals surface area contributed by atoms with Crippen molar-refractivity contribution in [3.05, 3.63) is 0 Å². The van der Waals surface area contributed by atoms with Crippen molar-refractivity contribution >= 4 is 16.1 Å². The van der Waals surface area contributed by atoms with Crippen molar-refractivity contribution in [1.29, 1.82) is 0 Å². The van der Waals surface area contributed by atoms with Gasteiger partial charge in [0.25, 0.3) is 0 Å². The fourth-order valence-corrected chi connectivity index (χ4v) is 0.644. The number of alkyl halides is 2. The zero-order valence-corrected chi connectivity index (χ0v) is 10.4. The van der Waals surface area contributed by atoms with E-state index in [4.69, 9.17) is 0 Å². The molecule has 0 aliphatic rings. The first-order chi connectivity index (χ1) is 5.73. The van der Waals surface area contributed by atoms with Crippen LogP contribution in [0, 0.1) is 0 Å². The predicted octanol–water partition coefficient (Wildman–Crippen LogP) is -2.92. The molecule has 0 saturated heterocycles. The average molecular weight is 240 g/mol. The number of halogens is 2. The molecule has 0 aliphatic carbocycles. The normalized spacial score (nSPS) is 11.7. The third-order valence-corrected chi connectivity index (χ3v) is 1.78. The first-order valence-corrected chi connectivity index (χ1v) is 4.64. The molecule has 0 atom stereocenters. The van der Waals surface area contributed by atoms with E-state index in [1.165, 1.54) is 6.92 Å². The number of hydrogen-bond donors (Lipinski definition) is 0. The molecule has 0 fully saturated rings. The molecule has 78 valence electrons. The van der Waals surface area contributed by atoms with Crippen LogP contribution in [0.15, 0.2) is 0 Å². The van der Waals surface area contributed by atoms with Crippen LogP contribution in [0.5, 0.6) is 0 Å². The topological polar surface area (TPSA) is 83.5 Å². The van der Waals surface area contributed by atoms with E-state index in [0.717, 1.165) is 0 Å². The summed E-state index contributed by atoms with van der Waals surface area (Å²) in [4.78, 5) is 10.3. The minimum absolute atomic E-state index is 0. The zero-order chi connectivity index (χ0) is 10.7. The van der Waals surface area contributed by atoms with Gasteiger partial charge in [-0.3, -0.25) is 0 Å². The van der Waals surface area contributed by atoms with E-state index < -0.39 is 21.3 Å². The molecule has 0 unspecified atom stereocenters. The summed E-state index contributed by atoms with van der Waals surface area (Å²) in [5.74, 6) is -2.33. The fourth-order valence-electron chi connectivity index (χ4n) is 0.381. The van der Waals surface area contributed by atoms with Gasteiger partial charge in [0.2, 0.25) is 0 Å². The average Bonchev–Trinajstić information content (AvgIpc) is 1.97. The number of carbonyl (C=O) groups excluding carboxylic acids is 1. The van der Waals surface area contributed by atoms with E-state index in [0.29, 0.717) is 0 Å². The first kappa shape index (κ1) is 16.7. The number of rotatable bonds is 4. The molecule has 0 aromatic carbocycles. The molecule has 0 spiro atoms. The Hall–Kier alpha value is 0.240. The van der Waals surface area contributed by atoms with Gasteiger partial charge in [-0.1, -0.05) is 6.92 Å². The summed E-state index contributed by atoms with van der Waals surface area (Å²) < 4.78 is 57.9. The summed E-state index contributed by atoms with van der Waals surface area (Å²) in [7, 11) is -5.99. The Morgan fingerprint density at radius 2 is 1.93 bits per heavy atom. The number of carbonyl (C=O) groups is 1. The second-order valence-corrected chi connectivity index (χ2v) is 3.53. The molecule has 9 heteroatoms. The van der Waals surface area contributed by atoms with Crippen molar-refractivity contribution in [1.82, 2.24) is 0 Å². The van der Waals surface area contributed by atoms with Crippen molar-refractivity contribution in [3.8, 4) is 0 Å². The largest absolute Gasteiger partial charge is 1.00 e. The van der Waals surface area contributed by atoms with Gasteiger partial charge in [-0.05, 0) is 6.42 Å². The predicted molar refractivity (Wildman–Crippen MR) is 35.9 cm³/mol. The van der Waals surface area contributed by atoms with Crippen LogP contribution in [0.2, 0.25) is 0 Å². The molecular weight excluding hydrogens is 233 g/mol. The Labute approximate surface area is 102 Å². The van der Waals surface area contributed by atoms with Crippen LogP contribution < -0.4 is 29.6 Å². The van der Waals surface area contributed by atoms with E-state index in [1.54, 1.807) is 0 Å². The molecule has 0 radical (unpaired) electrons.